The van der Waals surface area contributed by atoms with Crippen molar-refractivity contribution < 1.29 is 4.42 Å². The average Bonchev–Trinajstić information content (AvgIpc) is 2.79. The van der Waals surface area contributed by atoms with Gasteiger partial charge in [0.1, 0.15) is 11.5 Å². The summed E-state index contributed by atoms with van der Waals surface area (Å²) in [7, 11) is 0. The minimum atomic E-state index is 1.10. The molecule has 2 bridgehead atoms. The Morgan fingerprint density at radius 1 is 1.15 bits per heavy atom. The Morgan fingerprint density at radius 3 is 3.08 bits per heavy atom. The zero-order valence-corrected chi connectivity index (χ0v) is 7.13. The smallest absolute Gasteiger partial charge is 0.113 e. The van der Waals surface area contributed by atoms with E-state index in [0.717, 1.165) is 12.8 Å². The molecule has 1 aliphatic heterocycles. The van der Waals surface area contributed by atoms with Gasteiger partial charge in [0, 0.05) is 24.0 Å². The summed E-state index contributed by atoms with van der Waals surface area (Å²) in [5.41, 5.74) is 5.47. The quantitative estimate of drug-likeness (QED) is 0.580. The summed E-state index contributed by atoms with van der Waals surface area (Å²) in [5.74, 6) is 2.40. The fourth-order valence-electron chi connectivity index (χ4n) is 2.52. The number of hydrogen-bond acceptors (Lipinski definition) is 1. The topological polar surface area (TPSA) is 13.1 Å². The summed E-state index contributed by atoms with van der Waals surface area (Å²) in [6.45, 7) is 0. The van der Waals surface area contributed by atoms with Gasteiger partial charge in [-0.2, -0.15) is 0 Å². The van der Waals surface area contributed by atoms with E-state index in [1.165, 1.54) is 33.8 Å². The third-order valence-corrected chi connectivity index (χ3v) is 3.09. The number of rotatable bonds is 0. The van der Waals surface area contributed by atoms with Crippen LogP contribution in [0.15, 0.2) is 28.2 Å². The molecule has 62 valence electrons. The van der Waals surface area contributed by atoms with Gasteiger partial charge < -0.3 is 4.42 Å². The van der Waals surface area contributed by atoms with Crippen molar-refractivity contribution in [2.75, 3.05) is 0 Å². The first-order valence-electron chi connectivity index (χ1n) is 4.69. The zero-order chi connectivity index (χ0) is 8.41. The van der Waals surface area contributed by atoms with E-state index in [4.69, 9.17) is 4.42 Å². The number of fused-ring (bicyclic) bond motifs is 7. The molecule has 13 heavy (non-hydrogen) atoms. The van der Waals surface area contributed by atoms with E-state index in [2.05, 4.69) is 24.3 Å². The Kier molecular flexibility index (Phi) is 0.796. The van der Waals surface area contributed by atoms with Gasteiger partial charge in [0.15, 0.2) is 0 Å². The lowest BCUT2D eigenvalue weighted by molar-refractivity contribution is 0.535. The van der Waals surface area contributed by atoms with Gasteiger partial charge in [0.25, 0.3) is 0 Å². The van der Waals surface area contributed by atoms with Gasteiger partial charge >= 0.3 is 0 Å². The lowest BCUT2D eigenvalue weighted by atomic mass is 9.98. The monoisotopic (exact) mass is 168 g/mol. The molecule has 0 fully saturated rings. The van der Waals surface area contributed by atoms with Crippen molar-refractivity contribution in [1.82, 2.24) is 0 Å². The molecule has 2 aliphatic carbocycles. The average molecular weight is 168 g/mol. The molecule has 4 rings (SSSR count). The third-order valence-electron chi connectivity index (χ3n) is 3.09. The van der Waals surface area contributed by atoms with Gasteiger partial charge in [-0.1, -0.05) is 18.2 Å². The summed E-state index contributed by atoms with van der Waals surface area (Å²) in [5, 5.41) is 0. The lowest BCUT2D eigenvalue weighted by Gasteiger charge is -2.00. The molecule has 1 aromatic heterocycles. The Morgan fingerprint density at radius 2 is 2.08 bits per heavy atom. The molecule has 0 N–H and O–H groups in total. The third kappa shape index (κ3) is 0.539. The van der Waals surface area contributed by atoms with Crippen molar-refractivity contribution in [3.8, 4) is 0 Å². The standard InChI is InChI=1S/C12H8O/c1-2-7-6-9-10-4-5-11(13-10)12(9)8(7)3-1/h1-3,6H,4-5H2. The molecule has 1 nitrogen and oxygen atoms in total. The summed E-state index contributed by atoms with van der Waals surface area (Å²) < 4.78 is 5.69. The number of hydrogen-bond donors (Lipinski definition) is 0. The summed E-state index contributed by atoms with van der Waals surface area (Å²) in [6, 6.07) is 0. The summed E-state index contributed by atoms with van der Waals surface area (Å²) in [4.78, 5) is 0. The normalized spacial score (nSPS) is 20.3. The van der Waals surface area contributed by atoms with E-state index in [9.17, 15) is 0 Å². The molecule has 1 aromatic rings. The van der Waals surface area contributed by atoms with Gasteiger partial charge in [0.05, 0.1) is 0 Å². The van der Waals surface area contributed by atoms with Crippen molar-refractivity contribution in [3.05, 3.63) is 46.4 Å². The van der Waals surface area contributed by atoms with Crippen LogP contribution in [-0.2, 0) is 12.8 Å². The minimum Gasteiger partial charge on any atom is -0.465 e. The molecule has 3 aliphatic rings. The molecule has 0 aromatic carbocycles. The molecular weight excluding hydrogens is 160 g/mol. The van der Waals surface area contributed by atoms with Crippen molar-refractivity contribution in [2.45, 2.75) is 12.8 Å². The van der Waals surface area contributed by atoms with Crippen LogP contribution in [0.4, 0.5) is 0 Å². The fourth-order valence-corrected chi connectivity index (χ4v) is 2.52. The number of allylic oxidation sites excluding steroid dienone is 5. The Bertz CT molecular complexity index is 509. The zero-order valence-electron chi connectivity index (χ0n) is 7.13. The Balaban J connectivity index is 2.13. The molecule has 0 spiro atoms. The summed E-state index contributed by atoms with van der Waals surface area (Å²) in [6.07, 6.45) is 10.9. The van der Waals surface area contributed by atoms with Crippen LogP contribution in [0.3, 0.4) is 0 Å². The van der Waals surface area contributed by atoms with Crippen molar-refractivity contribution in [2.24, 2.45) is 0 Å². The maximum atomic E-state index is 5.69. The van der Waals surface area contributed by atoms with Crippen molar-refractivity contribution >= 4 is 11.6 Å². The van der Waals surface area contributed by atoms with E-state index >= 15 is 0 Å². The highest BCUT2D eigenvalue weighted by Gasteiger charge is 2.32. The van der Waals surface area contributed by atoms with Gasteiger partial charge in [-0.3, -0.25) is 0 Å². The molecule has 0 unspecified atom stereocenters. The van der Waals surface area contributed by atoms with Gasteiger partial charge in [-0.05, 0) is 17.2 Å². The maximum absolute atomic E-state index is 5.69. The Labute approximate surface area is 76.1 Å². The van der Waals surface area contributed by atoms with E-state index in [-0.39, 0.29) is 0 Å². The highest BCUT2D eigenvalue weighted by atomic mass is 16.3. The first kappa shape index (κ1) is 6.03. The number of aryl methyl sites for hydroxylation is 2. The van der Waals surface area contributed by atoms with Crippen LogP contribution >= 0.6 is 0 Å². The molecule has 0 radical (unpaired) electrons. The molecule has 1 heteroatoms. The lowest BCUT2D eigenvalue weighted by Crippen LogP contribution is -1.93. The highest BCUT2D eigenvalue weighted by Crippen LogP contribution is 2.46. The van der Waals surface area contributed by atoms with Crippen LogP contribution in [-0.4, -0.2) is 0 Å². The minimum absolute atomic E-state index is 1.10. The number of furan rings is 1. The van der Waals surface area contributed by atoms with Crippen molar-refractivity contribution in [3.63, 3.8) is 0 Å². The SMILES string of the molecule is C1=CC2=Cc3c4oc(c3C2=C1)CC4. The van der Waals surface area contributed by atoms with E-state index < -0.39 is 0 Å². The van der Waals surface area contributed by atoms with E-state index in [0.29, 0.717) is 0 Å². The second-order valence-electron chi connectivity index (χ2n) is 3.78. The molecule has 2 heterocycles. The van der Waals surface area contributed by atoms with Crippen LogP contribution in [0, 0.1) is 0 Å². The van der Waals surface area contributed by atoms with E-state index in [1.54, 1.807) is 0 Å². The molecular formula is C12H8O. The predicted octanol–water partition coefficient (Wildman–Crippen LogP) is 2.73. The van der Waals surface area contributed by atoms with Gasteiger partial charge in [-0.15, -0.1) is 0 Å². The second kappa shape index (κ2) is 1.72. The van der Waals surface area contributed by atoms with E-state index in [1.807, 2.05) is 0 Å². The van der Waals surface area contributed by atoms with Gasteiger partial charge in [-0.25, -0.2) is 0 Å². The largest absolute Gasteiger partial charge is 0.465 e. The molecule has 0 atom stereocenters. The van der Waals surface area contributed by atoms with Crippen LogP contribution < -0.4 is 0 Å². The van der Waals surface area contributed by atoms with Crippen LogP contribution in [0.5, 0.6) is 0 Å². The first-order chi connectivity index (χ1) is 6.43. The fraction of sp³-hybridized carbons (Fsp3) is 0.167. The molecule has 0 saturated carbocycles. The van der Waals surface area contributed by atoms with Crippen LogP contribution in [0.1, 0.15) is 22.6 Å². The molecule has 0 amide bonds. The first-order valence-corrected chi connectivity index (χ1v) is 4.69. The molecule has 0 saturated heterocycles. The van der Waals surface area contributed by atoms with Crippen molar-refractivity contribution in [1.29, 1.82) is 0 Å². The predicted molar refractivity (Wildman–Crippen MR) is 51.2 cm³/mol. The van der Waals surface area contributed by atoms with Crippen LogP contribution in [0.25, 0.3) is 11.6 Å². The van der Waals surface area contributed by atoms with Gasteiger partial charge in [0.2, 0.25) is 0 Å². The highest BCUT2D eigenvalue weighted by molar-refractivity contribution is 6.01. The Hall–Kier alpha value is -1.50. The van der Waals surface area contributed by atoms with Crippen LogP contribution in [0.2, 0.25) is 0 Å². The maximum Gasteiger partial charge on any atom is 0.113 e. The summed E-state index contributed by atoms with van der Waals surface area (Å²) >= 11 is 0. The second-order valence-corrected chi connectivity index (χ2v) is 3.78.